The molecule has 2 heterocycles. The average molecular weight is 592 g/mol. The van der Waals surface area contributed by atoms with Crippen LogP contribution in [-0.2, 0) is 9.59 Å². The second kappa shape index (κ2) is 12.5. The summed E-state index contributed by atoms with van der Waals surface area (Å²) in [7, 11) is 1.93. The van der Waals surface area contributed by atoms with Gasteiger partial charge in [-0.15, -0.1) is 0 Å². The summed E-state index contributed by atoms with van der Waals surface area (Å²) in [5.74, 6) is -1.23. The van der Waals surface area contributed by atoms with E-state index >= 15 is 0 Å². The Morgan fingerprint density at radius 2 is 1.73 bits per heavy atom. The van der Waals surface area contributed by atoms with E-state index in [9.17, 15) is 14.4 Å². The Morgan fingerprint density at radius 3 is 2.41 bits per heavy atom. The Morgan fingerprint density at radius 1 is 0.977 bits per heavy atom. The zero-order chi connectivity index (χ0) is 30.7. The summed E-state index contributed by atoms with van der Waals surface area (Å²) in [5, 5.41) is 20.9. The predicted octanol–water partition coefficient (Wildman–Crippen LogP) is 5.61. The van der Waals surface area contributed by atoms with Gasteiger partial charge in [0.15, 0.2) is 0 Å². The van der Waals surface area contributed by atoms with Gasteiger partial charge in [-0.2, -0.15) is 5.10 Å². The first-order valence-electron chi connectivity index (χ1n) is 15.2. The molecule has 6 rings (SSSR count). The minimum absolute atomic E-state index is 0.293. The standard InChI is InChI=1S/C35H37N5O4/c1-39-21-20-35(23-39,34(44)36-27-16-12-24(13-17-27)14-19-31(41)42)37-33(43)26-15-18-29-30(22-26)38-40(28-10-6-3-7-11-28)32(29)25-8-4-2-5-9-25/h3,6-7,10-19,22,25H,2,4-5,8-9,20-21,23H2,1H3,(H,36,44)(H,37,43)(H,41,42)/b19-14+/t35-/m1/s1. The van der Waals surface area contributed by atoms with E-state index in [-0.39, 0.29) is 11.8 Å². The van der Waals surface area contributed by atoms with Crippen LogP contribution >= 0.6 is 0 Å². The quantitative estimate of drug-likeness (QED) is 0.229. The van der Waals surface area contributed by atoms with Crippen LogP contribution < -0.4 is 10.6 Å². The van der Waals surface area contributed by atoms with Crippen LogP contribution in [0.4, 0.5) is 5.69 Å². The van der Waals surface area contributed by atoms with Gasteiger partial charge in [0.05, 0.1) is 16.9 Å². The number of hydrogen-bond donors (Lipinski definition) is 3. The van der Waals surface area contributed by atoms with Crippen molar-refractivity contribution in [2.75, 3.05) is 25.5 Å². The first kappa shape index (κ1) is 29.3. The van der Waals surface area contributed by atoms with E-state index in [2.05, 4.69) is 22.8 Å². The van der Waals surface area contributed by atoms with E-state index in [0.29, 0.717) is 42.2 Å². The third-order valence-electron chi connectivity index (χ3n) is 8.80. The molecule has 9 heteroatoms. The van der Waals surface area contributed by atoms with Gasteiger partial charge in [0.2, 0.25) is 0 Å². The van der Waals surface area contributed by atoms with Crippen molar-refractivity contribution in [3.8, 4) is 5.69 Å². The largest absolute Gasteiger partial charge is 0.478 e. The topological polar surface area (TPSA) is 117 Å². The Kier molecular flexibility index (Phi) is 8.30. The van der Waals surface area contributed by atoms with E-state index in [1.54, 1.807) is 24.3 Å². The molecule has 1 atom stereocenters. The Labute approximate surface area is 256 Å². The third-order valence-corrected chi connectivity index (χ3v) is 8.80. The number of likely N-dealkylation sites (tertiary alicyclic amines) is 1. The van der Waals surface area contributed by atoms with Crippen molar-refractivity contribution in [2.24, 2.45) is 0 Å². The summed E-state index contributed by atoms with van der Waals surface area (Å²) in [6.45, 7) is 1.04. The van der Waals surface area contributed by atoms with Crippen LogP contribution in [0.3, 0.4) is 0 Å². The fraction of sp³-hybridized carbons (Fsp3) is 0.314. The van der Waals surface area contributed by atoms with Crippen LogP contribution in [-0.4, -0.2) is 63.2 Å². The number of anilines is 1. The fourth-order valence-electron chi connectivity index (χ4n) is 6.51. The first-order valence-corrected chi connectivity index (χ1v) is 15.2. The highest BCUT2D eigenvalue weighted by molar-refractivity contribution is 6.05. The van der Waals surface area contributed by atoms with Gasteiger partial charge >= 0.3 is 5.97 Å². The molecule has 2 fully saturated rings. The van der Waals surface area contributed by atoms with E-state index in [1.807, 2.05) is 53.0 Å². The van der Waals surface area contributed by atoms with Crippen LogP contribution in [0.15, 0.2) is 78.9 Å². The van der Waals surface area contributed by atoms with Gasteiger partial charge in [-0.1, -0.05) is 55.7 Å². The maximum Gasteiger partial charge on any atom is 0.328 e. The number of rotatable bonds is 8. The number of fused-ring (bicyclic) bond motifs is 1. The van der Waals surface area contributed by atoms with Crippen molar-refractivity contribution in [3.63, 3.8) is 0 Å². The maximum atomic E-state index is 13.7. The monoisotopic (exact) mass is 591 g/mol. The van der Waals surface area contributed by atoms with Crippen molar-refractivity contribution in [2.45, 2.75) is 50.0 Å². The first-order chi connectivity index (χ1) is 21.3. The lowest BCUT2D eigenvalue weighted by Gasteiger charge is -2.29. The number of amides is 2. The number of benzene rings is 3. The highest BCUT2D eigenvalue weighted by Crippen LogP contribution is 2.38. The zero-order valence-electron chi connectivity index (χ0n) is 24.8. The molecule has 9 nitrogen and oxygen atoms in total. The molecule has 1 aliphatic heterocycles. The molecule has 1 saturated carbocycles. The minimum atomic E-state index is -1.11. The molecule has 0 unspecified atom stereocenters. The lowest BCUT2D eigenvalue weighted by Crippen LogP contribution is -2.58. The number of carbonyl (C=O) groups excluding carboxylic acids is 2. The lowest BCUT2D eigenvalue weighted by atomic mass is 9.85. The molecule has 3 aromatic carbocycles. The SMILES string of the molecule is CN1CC[C@](NC(=O)c2ccc3c(C4CCCCC4)n(-c4ccccc4)nc3c2)(C(=O)Nc2ccc(/C=C/C(=O)O)cc2)C1. The van der Waals surface area contributed by atoms with E-state index < -0.39 is 11.5 Å². The fourth-order valence-corrected chi connectivity index (χ4v) is 6.51. The van der Waals surface area contributed by atoms with Crippen molar-refractivity contribution in [3.05, 3.63) is 95.7 Å². The molecule has 2 aliphatic rings. The molecule has 1 aliphatic carbocycles. The van der Waals surface area contributed by atoms with Crippen LogP contribution in [0.5, 0.6) is 0 Å². The number of para-hydroxylation sites is 1. The van der Waals surface area contributed by atoms with Crippen LogP contribution in [0, 0.1) is 0 Å². The molecule has 44 heavy (non-hydrogen) atoms. The number of likely N-dealkylation sites (N-methyl/N-ethyl adjacent to an activating group) is 1. The summed E-state index contributed by atoms with van der Waals surface area (Å²) < 4.78 is 2.05. The zero-order valence-corrected chi connectivity index (χ0v) is 24.8. The molecule has 0 bridgehead atoms. The van der Waals surface area contributed by atoms with Crippen LogP contribution in [0.1, 0.15) is 66.1 Å². The average Bonchev–Trinajstić information content (AvgIpc) is 3.62. The molecule has 3 N–H and O–H groups in total. The number of carboxylic acid groups (broad SMARTS) is 1. The number of carbonyl (C=O) groups is 3. The second-order valence-electron chi connectivity index (χ2n) is 12.0. The van der Waals surface area contributed by atoms with Crippen molar-refractivity contribution >= 4 is 40.4 Å². The highest BCUT2D eigenvalue weighted by Gasteiger charge is 2.45. The summed E-state index contributed by atoms with van der Waals surface area (Å²) in [6, 6.07) is 22.7. The normalized spacial score (nSPS) is 19.4. The van der Waals surface area contributed by atoms with Gasteiger partial charge < -0.3 is 20.6 Å². The Hall–Kier alpha value is -4.76. The van der Waals surface area contributed by atoms with Gasteiger partial charge in [-0.25, -0.2) is 9.48 Å². The molecule has 2 amide bonds. The summed E-state index contributed by atoms with van der Waals surface area (Å²) in [6.07, 6.45) is 8.95. The summed E-state index contributed by atoms with van der Waals surface area (Å²) in [4.78, 5) is 40.3. The number of aromatic nitrogens is 2. The van der Waals surface area contributed by atoms with Crippen molar-refractivity contribution in [1.29, 1.82) is 0 Å². The molecule has 226 valence electrons. The van der Waals surface area contributed by atoms with Gasteiger partial charge in [-0.05, 0) is 74.3 Å². The Balaban J connectivity index is 1.26. The van der Waals surface area contributed by atoms with E-state index in [0.717, 1.165) is 35.5 Å². The lowest BCUT2D eigenvalue weighted by molar-refractivity contribution is -0.131. The summed E-state index contributed by atoms with van der Waals surface area (Å²) >= 11 is 0. The molecular formula is C35H37N5O4. The molecule has 1 aromatic heterocycles. The van der Waals surface area contributed by atoms with Gasteiger partial charge in [0.25, 0.3) is 11.8 Å². The van der Waals surface area contributed by atoms with E-state index in [1.165, 1.54) is 31.0 Å². The highest BCUT2D eigenvalue weighted by atomic mass is 16.4. The number of nitrogens with zero attached hydrogens (tertiary/aromatic N) is 3. The van der Waals surface area contributed by atoms with E-state index in [4.69, 9.17) is 10.2 Å². The van der Waals surface area contributed by atoms with Gasteiger partial charge in [0.1, 0.15) is 5.54 Å². The molecule has 4 aromatic rings. The summed E-state index contributed by atoms with van der Waals surface area (Å²) in [5.41, 5.74) is 3.59. The third kappa shape index (κ3) is 6.14. The molecule has 1 saturated heterocycles. The molecule has 0 radical (unpaired) electrons. The maximum absolute atomic E-state index is 13.7. The second-order valence-corrected chi connectivity index (χ2v) is 12.0. The van der Waals surface area contributed by atoms with Gasteiger partial charge in [-0.3, -0.25) is 9.59 Å². The van der Waals surface area contributed by atoms with Crippen LogP contribution in [0.25, 0.3) is 22.7 Å². The van der Waals surface area contributed by atoms with Crippen molar-refractivity contribution < 1.29 is 19.5 Å². The number of carboxylic acids is 1. The van der Waals surface area contributed by atoms with Crippen molar-refractivity contribution in [1.82, 2.24) is 20.0 Å². The molecule has 0 spiro atoms. The minimum Gasteiger partial charge on any atom is -0.478 e. The predicted molar refractivity (Wildman–Crippen MR) is 171 cm³/mol. The molecular weight excluding hydrogens is 554 g/mol. The Bertz CT molecular complexity index is 1710. The smallest absolute Gasteiger partial charge is 0.328 e. The number of nitrogens with one attached hydrogen (secondary N) is 2. The van der Waals surface area contributed by atoms with Crippen LogP contribution in [0.2, 0.25) is 0 Å². The number of aliphatic carboxylic acids is 1. The van der Waals surface area contributed by atoms with Gasteiger partial charge in [0, 0.05) is 41.7 Å². The number of hydrogen-bond acceptors (Lipinski definition) is 5.